The van der Waals surface area contributed by atoms with Crippen LogP contribution in [0.5, 0.6) is 0 Å². The van der Waals surface area contributed by atoms with Crippen LogP contribution in [-0.4, -0.2) is 61.6 Å². The molecule has 3 aromatic heterocycles. The summed E-state index contributed by atoms with van der Waals surface area (Å²) in [5.41, 5.74) is 2.52. The van der Waals surface area contributed by atoms with Crippen molar-refractivity contribution in [1.82, 2.24) is 23.6 Å². The maximum absolute atomic E-state index is 13.2. The Morgan fingerprint density at radius 2 is 1.55 bits per heavy atom. The molecule has 0 aliphatic carbocycles. The van der Waals surface area contributed by atoms with Crippen molar-refractivity contribution in [2.24, 2.45) is 14.1 Å². The minimum atomic E-state index is -0.349. The van der Waals surface area contributed by atoms with Gasteiger partial charge in [-0.1, -0.05) is 30.7 Å². The number of hydrogen-bond acceptors (Lipinski definition) is 6. The highest BCUT2D eigenvalue weighted by Gasteiger charge is 2.26. The Hall–Kier alpha value is -3.98. The summed E-state index contributed by atoms with van der Waals surface area (Å²) in [6, 6.07) is 13.8. The number of hydrogen-bond donors (Lipinski definition) is 0. The molecular weight excluding hydrogens is 504 g/mol. The van der Waals surface area contributed by atoms with E-state index in [9.17, 15) is 14.4 Å². The van der Waals surface area contributed by atoms with Gasteiger partial charge in [0, 0.05) is 63.3 Å². The first kappa shape index (κ1) is 26.3. The van der Waals surface area contributed by atoms with E-state index in [1.807, 2.05) is 47.2 Å². The highest BCUT2D eigenvalue weighted by Crippen LogP contribution is 2.24. The van der Waals surface area contributed by atoms with E-state index in [1.54, 1.807) is 19.3 Å². The number of anilines is 1. The van der Waals surface area contributed by atoms with Crippen molar-refractivity contribution in [3.63, 3.8) is 0 Å². The van der Waals surface area contributed by atoms with E-state index in [0.29, 0.717) is 34.7 Å². The molecule has 1 aromatic carbocycles. The second kappa shape index (κ2) is 10.9. The normalized spacial score (nSPS) is 17.0. The van der Waals surface area contributed by atoms with Crippen LogP contribution in [-0.2, 0) is 20.6 Å². The van der Waals surface area contributed by atoms with Gasteiger partial charge >= 0.3 is 5.69 Å². The Balaban J connectivity index is 1.11. The maximum Gasteiger partial charge on any atom is 0.331 e. The zero-order valence-electron chi connectivity index (χ0n) is 23.3. The molecule has 0 radical (unpaired) electrons. The molecule has 5 heterocycles. The number of rotatable bonds is 6. The fraction of sp³-hybridized carbons (Fsp3) is 0.419. The van der Waals surface area contributed by atoms with Gasteiger partial charge in [-0.15, -0.1) is 0 Å². The standard InChI is InChI=1S/C31H36N6O3/c1-33-26-14-19-37(28(26)30(39)34(2)31(33)40)21-22-6-8-23(9-7-22)29(38)24-10-11-27(32-20-24)36-17-12-25(13-18-36)35-15-4-3-5-16-35/h6-11,14,19-20,25H,3-5,12-13,15-18,21H2,1-2H3. The zero-order valence-corrected chi connectivity index (χ0v) is 23.3. The first-order valence-electron chi connectivity index (χ1n) is 14.2. The summed E-state index contributed by atoms with van der Waals surface area (Å²) in [5.74, 6) is 0.872. The van der Waals surface area contributed by atoms with E-state index in [1.165, 1.54) is 56.8 Å². The van der Waals surface area contributed by atoms with Gasteiger partial charge in [0.25, 0.3) is 5.56 Å². The fourth-order valence-electron chi connectivity index (χ4n) is 6.25. The summed E-state index contributed by atoms with van der Waals surface area (Å²) in [6.07, 6.45) is 9.86. The number of piperidine rings is 2. The van der Waals surface area contributed by atoms with E-state index < -0.39 is 0 Å². The third-order valence-electron chi connectivity index (χ3n) is 8.66. The van der Waals surface area contributed by atoms with Gasteiger partial charge in [0.1, 0.15) is 11.3 Å². The Bertz CT molecular complexity index is 1630. The van der Waals surface area contributed by atoms with E-state index >= 15 is 0 Å². The topological polar surface area (TPSA) is 85.4 Å². The Labute approximate surface area is 233 Å². The number of ketones is 1. The molecule has 0 saturated carbocycles. The minimum Gasteiger partial charge on any atom is -0.357 e. The molecule has 2 aliphatic heterocycles. The summed E-state index contributed by atoms with van der Waals surface area (Å²) >= 11 is 0. The number of aryl methyl sites for hydroxylation is 1. The SMILES string of the molecule is Cn1c(=O)c2c(ccn2Cc2ccc(C(=O)c3ccc(N4CCC(N5CCCCC5)CC4)nc3)cc2)n(C)c1=O. The van der Waals surface area contributed by atoms with Gasteiger partial charge in [-0.2, -0.15) is 0 Å². The second-order valence-corrected chi connectivity index (χ2v) is 11.1. The van der Waals surface area contributed by atoms with Crippen molar-refractivity contribution in [1.29, 1.82) is 0 Å². The summed E-state index contributed by atoms with van der Waals surface area (Å²) < 4.78 is 4.44. The van der Waals surface area contributed by atoms with Gasteiger partial charge in [-0.3, -0.25) is 18.7 Å². The van der Waals surface area contributed by atoms with Crippen molar-refractivity contribution < 1.29 is 4.79 Å². The zero-order chi connectivity index (χ0) is 27.8. The van der Waals surface area contributed by atoms with Crippen molar-refractivity contribution in [3.05, 3.63) is 92.4 Å². The number of fused-ring (bicyclic) bond motifs is 1. The fourth-order valence-corrected chi connectivity index (χ4v) is 6.25. The lowest BCUT2D eigenvalue weighted by molar-refractivity contribution is 0.103. The van der Waals surface area contributed by atoms with Crippen molar-refractivity contribution in [3.8, 4) is 0 Å². The largest absolute Gasteiger partial charge is 0.357 e. The van der Waals surface area contributed by atoms with Crippen LogP contribution in [0.25, 0.3) is 11.0 Å². The number of benzene rings is 1. The molecule has 40 heavy (non-hydrogen) atoms. The van der Waals surface area contributed by atoms with Crippen LogP contribution in [0.1, 0.15) is 53.6 Å². The molecule has 0 atom stereocenters. The van der Waals surface area contributed by atoms with Crippen molar-refractivity contribution in [2.45, 2.75) is 44.7 Å². The summed E-state index contributed by atoms with van der Waals surface area (Å²) in [5, 5.41) is 0. The van der Waals surface area contributed by atoms with E-state index in [4.69, 9.17) is 0 Å². The molecule has 9 nitrogen and oxygen atoms in total. The average molecular weight is 541 g/mol. The second-order valence-electron chi connectivity index (χ2n) is 11.1. The predicted molar refractivity (Wildman–Crippen MR) is 156 cm³/mol. The van der Waals surface area contributed by atoms with Crippen molar-refractivity contribution in [2.75, 3.05) is 31.1 Å². The van der Waals surface area contributed by atoms with Gasteiger partial charge in [0.15, 0.2) is 5.78 Å². The molecule has 0 unspecified atom stereocenters. The molecule has 6 rings (SSSR count). The van der Waals surface area contributed by atoms with Crippen LogP contribution >= 0.6 is 0 Å². The number of aromatic nitrogens is 4. The van der Waals surface area contributed by atoms with Crippen LogP contribution < -0.4 is 16.1 Å². The van der Waals surface area contributed by atoms with Gasteiger partial charge in [0.2, 0.25) is 0 Å². The maximum atomic E-state index is 13.2. The Morgan fingerprint density at radius 3 is 2.23 bits per heavy atom. The molecule has 208 valence electrons. The number of carbonyl (C=O) groups excluding carboxylic acids is 1. The van der Waals surface area contributed by atoms with Gasteiger partial charge in [0.05, 0.1) is 5.52 Å². The molecule has 9 heteroatoms. The highest BCUT2D eigenvalue weighted by molar-refractivity contribution is 6.08. The number of likely N-dealkylation sites (tertiary alicyclic amines) is 1. The summed E-state index contributed by atoms with van der Waals surface area (Å²) in [4.78, 5) is 47.8. The summed E-state index contributed by atoms with van der Waals surface area (Å²) in [7, 11) is 3.15. The van der Waals surface area contributed by atoms with Crippen LogP contribution in [0.2, 0.25) is 0 Å². The Morgan fingerprint density at radius 1 is 0.850 bits per heavy atom. The monoisotopic (exact) mass is 540 g/mol. The van der Waals surface area contributed by atoms with Gasteiger partial charge < -0.3 is 14.4 Å². The number of carbonyl (C=O) groups is 1. The molecule has 2 fully saturated rings. The Kier molecular flexibility index (Phi) is 7.14. The first-order valence-corrected chi connectivity index (χ1v) is 14.2. The number of nitrogens with zero attached hydrogens (tertiary/aromatic N) is 6. The highest BCUT2D eigenvalue weighted by atomic mass is 16.2. The van der Waals surface area contributed by atoms with Crippen molar-refractivity contribution >= 4 is 22.6 Å². The quantitative estimate of drug-likeness (QED) is 0.350. The van der Waals surface area contributed by atoms with Crippen LogP contribution in [0.15, 0.2) is 64.4 Å². The van der Waals surface area contributed by atoms with E-state index in [2.05, 4.69) is 14.8 Å². The molecule has 0 amide bonds. The van der Waals surface area contributed by atoms with Gasteiger partial charge in [-0.25, -0.2) is 9.78 Å². The smallest absolute Gasteiger partial charge is 0.331 e. The average Bonchev–Trinajstić information content (AvgIpc) is 3.43. The van der Waals surface area contributed by atoms with Crippen LogP contribution in [0.4, 0.5) is 5.82 Å². The molecule has 2 saturated heterocycles. The van der Waals surface area contributed by atoms with Crippen LogP contribution in [0.3, 0.4) is 0 Å². The summed E-state index contributed by atoms with van der Waals surface area (Å²) in [6.45, 7) is 4.94. The third-order valence-corrected chi connectivity index (χ3v) is 8.66. The lowest BCUT2D eigenvalue weighted by Gasteiger charge is -2.40. The predicted octanol–water partition coefficient (Wildman–Crippen LogP) is 3.17. The lowest BCUT2D eigenvalue weighted by atomic mass is 10.00. The number of pyridine rings is 1. The molecule has 0 bridgehead atoms. The first-order chi connectivity index (χ1) is 19.4. The molecule has 4 aromatic rings. The molecule has 0 spiro atoms. The van der Waals surface area contributed by atoms with E-state index in [-0.39, 0.29) is 17.0 Å². The minimum absolute atomic E-state index is 0.0651. The van der Waals surface area contributed by atoms with E-state index in [0.717, 1.165) is 29.0 Å². The lowest BCUT2D eigenvalue weighted by Crippen LogP contribution is -2.46. The third kappa shape index (κ3) is 4.90. The van der Waals surface area contributed by atoms with Gasteiger partial charge in [-0.05, 0) is 62.5 Å². The molecule has 2 aliphatic rings. The molecular formula is C31H36N6O3. The van der Waals surface area contributed by atoms with Crippen LogP contribution in [0, 0.1) is 0 Å². The molecule has 0 N–H and O–H groups in total.